The van der Waals surface area contributed by atoms with Gasteiger partial charge in [-0.3, -0.25) is 4.68 Å². The maximum Gasteiger partial charge on any atom is 0.246 e. The smallest absolute Gasteiger partial charge is 0.246 e. The second-order valence-electron chi connectivity index (χ2n) is 4.40. The summed E-state index contributed by atoms with van der Waals surface area (Å²) >= 11 is 0. The van der Waals surface area contributed by atoms with Crippen LogP contribution in [0.5, 0.6) is 0 Å². The fraction of sp³-hybridized carbons (Fsp3) is 0.727. The molecule has 96 valence electrons. The van der Waals surface area contributed by atoms with E-state index in [1.165, 1.54) is 6.20 Å². The lowest BCUT2D eigenvalue weighted by molar-refractivity contribution is 0.346. The Morgan fingerprint density at radius 2 is 2.00 bits per heavy atom. The first-order valence-electron chi connectivity index (χ1n) is 6.17. The number of aromatic nitrogens is 2. The number of aryl methyl sites for hydroxylation is 1. The molecule has 0 atom stereocenters. The highest BCUT2D eigenvalue weighted by atomic mass is 32.2. The lowest BCUT2D eigenvalue weighted by Crippen LogP contribution is -2.35. The molecule has 0 N–H and O–H groups in total. The Morgan fingerprint density at radius 1 is 1.29 bits per heavy atom. The number of sulfonamides is 1. The molecule has 0 aromatic carbocycles. The molecule has 17 heavy (non-hydrogen) atoms. The van der Waals surface area contributed by atoms with Gasteiger partial charge in [0.2, 0.25) is 10.0 Å². The Morgan fingerprint density at radius 3 is 2.65 bits per heavy atom. The molecule has 0 unspecified atom stereocenters. The van der Waals surface area contributed by atoms with Crippen molar-refractivity contribution in [2.75, 3.05) is 13.1 Å². The molecule has 6 heteroatoms. The fourth-order valence-electron chi connectivity index (χ4n) is 2.08. The normalized spacial score (nSPS) is 18.4. The van der Waals surface area contributed by atoms with E-state index in [2.05, 4.69) is 5.10 Å². The van der Waals surface area contributed by atoms with Crippen LogP contribution < -0.4 is 0 Å². The van der Waals surface area contributed by atoms with E-state index < -0.39 is 10.0 Å². The van der Waals surface area contributed by atoms with Crippen molar-refractivity contribution in [1.29, 1.82) is 0 Å². The molecule has 0 radical (unpaired) electrons. The summed E-state index contributed by atoms with van der Waals surface area (Å²) in [5.74, 6) is 0. The van der Waals surface area contributed by atoms with Gasteiger partial charge in [0.05, 0.1) is 6.20 Å². The average Bonchev–Trinajstić information content (AvgIpc) is 2.80. The zero-order chi connectivity index (χ0) is 12.3. The molecular weight excluding hydrogens is 238 g/mol. The van der Waals surface area contributed by atoms with Gasteiger partial charge in [-0.15, -0.1) is 0 Å². The standard InChI is InChI=1S/C11H19N3O2S/c1-2-6-13-10-11(9-12-13)17(15,16)14-7-4-3-5-8-14/h9-10H,2-8H2,1H3. The van der Waals surface area contributed by atoms with Crippen LogP contribution in [-0.4, -0.2) is 35.6 Å². The minimum absolute atomic E-state index is 0.327. The predicted molar refractivity (Wildman–Crippen MR) is 65.1 cm³/mol. The zero-order valence-corrected chi connectivity index (χ0v) is 11.0. The Kier molecular flexibility index (Phi) is 3.83. The van der Waals surface area contributed by atoms with E-state index in [1.807, 2.05) is 6.92 Å². The van der Waals surface area contributed by atoms with Gasteiger partial charge >= 0.3 is 0 Å². The number of rotatable bonds is 4. The summed E-state index contributed by atoms with van der Waals surface area (Å²) in [4.78, 5) is 0.327. The van der Waals surface area contributed by atoms with E-state index in [4.69, 9.17) is 0 Å². The maximum absolute atomic E-state index is 12.3. The molecule has 1 aromatic rings. The molecule has 1 fully saturated rings. The summed E-state index contributed by atoms with van der Waals surface area (Å²) in [6.07, 6.45) is 7.09. The molecule has 2 rings (SSSR count). The van der Waals surface area contributed by atoms with Crippen LogP contribution in [0.4, 0.5) is 0 Å². The second kappa shape index (κ2) is 5.18. The van der Waals surface area contributed by atoms with Crippen LogP contribution in [0.3, 0.4) is 0 Å². The highest BCUT2D eigenvalue weighted by Crippen LogP contribution is 2.19. The fourth-order valence-corrected chi connectivity index (χ4v) is 3.56. The molecule has 0 spiro atoms. The minimum atomic E-state index is -3.31. The van der Waals surface area contributed by atoms with Gasteiger partial charge in [0.1, 0.15) is 4.90 Å². The Balaban J connectivity index is 2.18. The third kappa shape index (κ3) is 2.69. The summed E-state index contributed by atoms with van der Waals surface area (Å²) in [6, 6.07) is 0. The summed E-state index contributed by atoms with van der Waals surface area (Å²) in [7, 11) is -3.31. The zero-order valence-electron chi connectivity index (χ0n) is 10.2. The third-order valence-electron chi connectivity index (χ3n) is 3.02. The monoisotopic (exact) mass is 257 g/mol. The Hall–Kier alpha value is -0.880. The maximum atomic E-state index is 12.3. The summed E-state index contributed by atoms with van der Waals surface area (Å²) in [5, 5.41) is 4.08. The minimum Gasteiger partial charge on any atom is -0.271 e. The van der Waals surface area contributed by atoms with Gasteiger partial charge in [0.25, 0.3) is 0 Å². The van der Waals surface area contributed by atoms with Crippen LogP contribution in [0.25, 0.3) is 0 Å². The van der Waals surface area contributed by atoms with E-state index in [0.29, 0.717) is 18.0 Å². The van der Waals surface area contributed by atoms with Crippen molar-refractivity contribution < 1.29 is 8.42 Å². The summed E-state index contributed by atoms with van der Waals surface area (Å²) < 4.78 is 27.8. The average molecular weight is 257 g/mol. The van der Waals surface area contributed by atoms with Gasteiger partial charge < -0.3 is 0 Å². The lowest BCUT2D eigenvalue weighted by atomic mass is 10.2. The topological polar surface area (TPSA) is 55.2 Å². The Bertz CT molecular complexity index is 461. The van der Waals surface area contributed by atoms with Crippen LogP contribution in [0.1, 0.15) is 32.6 Å². The molecule has 1 aliphatic rings. The third-order valence-corrected chi connectivity index (χ3v) is 4.87. The van der Waals surface area contributed by atoms with E-state index >= 15 is 0 Å². The van der Waals surface area contributed by atoms with Crippen molar-refractivity contribution in [2.24, 2.45) is 0 Å². The molecule has 1 saturated heterocycles. The van der Waals surface area contributed by atoms with Crippen molar-refractivity contribution in [3.05, 3.63) is 12.4 Å². The SMILES string of the molecule is CCCn1cc(S(=O)(=O)N2CCCCC2)cn1. The Labute approximate surface area is 102 Å². The van der Waals surface area contributed by atoms with Crippen LogP contribution in [-0.2, 0) is 16.6 Å². The van der Waals surface area contributed by atoms with Crippen LogP contribution in [0.2, 0.25) is 0 Å². The van der Waals surface area contributed by atoms with Gasteiger partial charge in [0, 0.05) is 25.8 Å². The first-order valence-corrected chi connectivity index (χ1v) is 7.61. The molecule has 0 amide bonds. The number of nitrogens with zero attached hydrogens (tertiary/aromatic N) is 3. The van der Waals surface area contributed by atoms with Crippen molar-refractivity contribution in [3.63, 3.8) is 0 Å². The van der Waals surface area contributed by atoms with E-state index in [1.54, 1.807) is 15.2 Å². The van der Waals surface area contributed by atoms with Gasteiger partial charge in [-0.2, -0.15) is 9.40 Å². The lowest BCUT2D eigenvalue weighted by Gasteiger charge is -2.25. The largest absolute Gasteiger partial charge is 0.271 e. The molecule has 5 nitrogen and oxygen atoms in total. The second-order valence-corrected chi connectivity index (χ2v) is 6.34. The van der Waals surface area contributed by atoms with Gasteiger partial charge in [-0.1, -0.05) is 13.3 Å². The summed E-state index contributed by atoms with van der Waals surface area (Å²) in [6.45, 7) is 4.08. The molecular formula is C11H19N3O2S. The van der Waals surface area contributed by atoms with Crippen LogP contribution >= 0.6 is 0 Å². The van der Waals surface area contributed by atoms with Gasteiger partial charge in [0.15, 0.2) is 0 Å². The molecule has 1 aromatic heterocycles. The summed E-state index contributed by atoms with van der Waals surface area (Å²) in [5.41, 5.74) is 0. The molecule has 2 heterocycles. The van der Waals surface area contributed by atoms with Gasteiger partial charge in [-0.05, 0) is 19.3 Å². The molecule has 0 saturated carbocycles. The number of hydrogen-bond donors (Lipinski definition) is 0. The molecule has 0 bridgehead atoms. The highest BCUT2D eigenvalue weighted by molar-refractivity contribution is 7.89. The predicted octanol–water partition coefficient (Wildman–Crippen LogP) is 1.47. The van der Waals surface area contributed by atoms with Crippen LogP contribution in [0, 0.1) is 0 Å². The number of hydrogen-bond acceptors (Lipinski definition) is 3. The van der Waals surface area contributed by atoms with Crippen molar-refractivity contribution in [1.82, 2.24) is 14.1 Å². The highest BCUT2D eigenvalue weighted by Gasteiger charge is 2.26. The van der Waals surface area contributed by atoms with Crippen molar-refractivity contribution in [2.45, 2.75) is 44.0 Å². The first kappa shape index (κ1) is 12.6. The number of piperidine rings is 1. The van der Waals surface area contributed by atoms with Crippen molar-refractivity contribution >= 4 is 10.0 Å². The van der Waals surface area contributed by atoms with Gasteiger partial charge in [-0.25, -0.2) is 8.42 Å². The molecule has 0 aliphatic carbocycles. The van der Waals surface area contributed by atoms with Crippen molar-refractivity contribution in [3.8, 4) is 0 Å². The van der Waals surface area contributed by atoms with Crippen LogP contribution in [0.15, 0.2) is 17.3 Å². The van der Waals surface area contributed by atoms with E-state index in [0.717, 1.165) is 32.2 Å². The molecule has 1 aliphatic heterocycles. The van der Waals surface area contributed by atoms with E-state index in [-0.39, 0.29) is 0 Å². The quantitative estimate of drug-likeness (QED) is 0.820. The van der Waals surface area contributed by atoms with E-state index in [9.17, 15) is 8.42 Å². The first-order chi connectivity index (χ1) is 8.14.